The molecule has 0 fully saturated rings. The normalized spacial score (nSPS) is 10.3. The predicted octanol–water partition coefficient (Wildman–Crippen LogP) is 3.81. The van der Waals surface area contributed by atoms with Gasteiger partial charge in [0, 0.05) is 6.42 Å². The maximum absolute atomic E-state index is 12.1. The molecule has 0 saturated heterocycles. The first kappa shape index (κ1) is 19.3. The van der Waals surface area contributed by atoms with Crippen LogP contribution in [0.4, 0.5) is 5.69 Å². The number of carbonyl (C=O) groups is 2. The Bertz CT molecular complexity index is 801. The average Bonchev–Trinajstić information content (AvgIpc) is 2.61. The van der Waals surface area contributed by atoms with Crippen LogP contribution in [0.25, 0.3) is 0 Å². The van der Waals surface area contributed by atoms with Crippen molar-refractivity contribution in [1.82, 2.24) is 0 Å². The van der Waals surface area contributed by atoms with Crippen LogP contribution < -0.4 is 14.8 Å². The molecular weight excluding hydrogens is 334 g/mol. The molecule has 2 N–H and O–H groups in total. The Morgan fingerprint density at radius 1 is 1.08 bits per heavy atom. The molecule has 0 bridgehead atoms. The molecule has 6 heteroatoms. The van der Waals surface area contributed by atoms with Crippen molar-refractivity contribution >= 4 is 17.6 Å². The fourth-order valence-corrected chi connectivity index (χ4v) is 2.37. The van der Waals surface area contributed by atoms with E-state index in [1.54, 1.807) is 0 Å². The molecule has 0 atom stereocenters. The lowest BCUT2D eigenvalue weighted by Crippen LogP contribution is -2.14. The van der Waals surface area contributed by atoms with E-state index >= 15 is 0 Å². The summed E-state index contributed by atoms with van der Waals surface area (Å²) in [5.74, 6) is -0.135. The van der Waals surface area contributed by atoms with Gasteiger partial charge in [-0.2, -0.15) is 0 Å². The van der Waals surface area contributed by atoms with Crippen LogP contribution in [0.3, 0.4) is 0 Å². The third-order valence-corrected chi connectivity index (χ3v) is 4.02. The van der Waals surface area contributed by atoms with Crippen LogP contribution in [0.5, 0.6) is 11.5 Å². The largest absolute Gasteiger partial charge is 0.495 e. The highest BCUT2D eigenvalue weighted by atomic mass is 16.5. The Morgan fingerprint density at radius 2 is 1.85 bits per heavy atom. The van der Waals surface area contributed by atoms with E-state index in [1.807, 2.05) is 32.0 Å². The highest BCUT2D eigenvalue weighted by Gasteiger charge is 2.11. The van der Waals surface area contributed by atoms with E-state index in [0.29, 0.717) is 24.5 Å². The summed E-state index contributed by atoms with van der Waals surface area (Å²) in [6, 6.07) is 10.2. The molecular formula is C20H23NO5. The van der Waals surface area contributed by atoms with Crippen LogP contribution in [0.15, 0.2) is 36.4 Å². The van der Waals surface area contributed by atoms with Gasteiger partial charge in [-0.05, 0) is 61.7 Å². The van der Waals surface area contributed by atoms with E-state index in [0.717, 1.165) is 11.3 Å². The fourth-order valence-electron chi connectivity index (χ4n) is 2.37. The predicted molar refractivity (Wildman–Crippen MR) is 99.2 cm³/mol. The van der Waals surface area contributed by atoms with E-state index < -0.39 is 5.97 Å². The van der Waals surface area contributed by atoms with Gasteiger partial charge in [-0.25, -0.2) is 4.79 Å². The van der Waals surface area contributed by atoms with Gasteiger partial charge in [-0.3, -0.25) is 4.79 Å². The molecule has 2 aromatic rings. The summed E-state index contributed by atoms with van der Waals surface area (Å²) < 4.78 is 10.8. The van der Waals surface area contributed by atoms with Crippen molar-refractivity contribution in [2.45, 2.75) is 26.7 Å². The molecule has 1 amide bonds. The lowest BCUT2D eigenvalue weighted by molar-refractivity contribution is -0.116. The molecule has 0 radical (unpaired) electrons. The molecule has 0 aromatic heterocycles. The van der Waals surface area contributed by atoms with Gasteiger partial charge >= 0.3 is 5.97 Å². The topological polar surface area (TPSA) is 84.9 Å². The summed E-state index contributed by atoms with van der Waals surface area (Å²) in [6.07, 6.45) is 0.850. The number of nitrogens with one attached hydrogen (secondary N) is 1. The van der Waals surface area contributed by atoms with Crippen molar-refractivity contribution in [1.29, 1.82) is 0 Å². The van der Waals surface area contributed by atoms with Crippen LogP contribution >= 0.6 is 0 Å². The molecule has 0 unspecified atom stereocenters. The number of carboxylic acids is 1. The number of hydrogen-bond donors (Lipinski definition) is 2. The summed E-state index contributed by atoms with van der Waals surface area (Å²) in [5.41, 5.74) is 2.91. The van der Waals surface area contributed by atoms with Gasteiger partial charge in [0.15, 0.2) is 0 Å². The third kappa shape index (κ3) is 5.24. The Kier molecular flexibility index (Phi) is 6.60. The van der Waals surface area contributed by atoms with E-state index in [4.69, 9.17) is 14.6 Å². The monoisotopic (exact) mass is 357 g/mol. The zero-order chi connectivity index (χ0) is 19.1. The highest BCUT2D eigenvalue weighted by molar-refractivity contribution is 5.94. The molecule has 0 aliphatic heterocycles. The minimum absolute atomic E-state index is 0.0987. The fraction of sp³-hybridized carbons (Fsp3) is 0.300. The Labute approximate surface area is 152 Å². The number of hydrogen-bond acceptors (Lipinski definition) is 4. The molecule has 138 valence electrons. The molecule has 0 heterocycles. The van der Waals surface area contributed by atoms with E-state index in [2.05, 4.69) is 5.32 Å². The van der Waals surface area contributed by atoms with Gasteiger partial charge in [0.05, 0.1) is 25.0 Å². The zero-order valence-electron chi connectivity index (χ0n) is 15.2. The number of anilines is 1. The number of carboxylic acid groups (broad SMARTS) is 1. The minimum Gasteiger partial charge on any atom is -0.495 e. The van der Waals surface area contributed by atoms with Crippen molar-refractivity contribution in [3.8, 4) is 11.5 Å². The smallest absolute Gasteiger partial charge is 0.335 e. The summed E-state index contributed by atoms with van der Waals surface area (Å²) in [5, 5.41) is 11.7. The molecule has 26 heavy (non-hydrogen) atoms. The van der Waals surface area contributed by atoms with E-state index in [-0.39, 0.29) is 17.9 Å². The second-order valence-corrected chi connectivity index (χ2v) is 5.97. The Balaban J connectivity index is 1.83. The molecule has 0 saturated carbocycles. The first-order valence-electron chi connectivity index (χ1n) is 8.32. The van der Waals surface area contributed by atoms with Gasteiger partial charge in [0.1, 0.15) is 11.5 Å². The molecule has 0 aliphatic rings. The van der Waals surface area contributed by atoms with Crippen molar-refractivity contribution in [2.24, 2.45) is 0 Å². The first-order valence-corrected chi connectivity index (χ1v) is 8.32. The first-order chi connectivity index (χ1) is 12.4. The number of aromatic carboxylic acids is 1. The van der Waals surface area contributed by atoms with Crippen LogP contribution in [0, 0.1) is 13.8 Å². The number of amides is 1. The van der Waals surface area contributed by atoms with Gasteiger partial charge in [-0.15, -0.1) is 0 Å². The SMILES string of the molecule is COc1cc(C(=O)O)ccc1NC(=O)CCCOc1ccc(C)c(C)c1. The highest BCUT2D eigenvalue weighted by Crippen LogP contribution is 2.26. The van der Waals surface area contributed by atoms with Crippen molar-refractivity contribution in [2.75, 3.05) is 19.0 Å². The number of carbonyl (C=O) groups excluding carboxylic acids is 1. The minimum atomic E-state index is -1.05. The molecule has 0 spiro atoms. The summed E-state index contributed by atoms with van der Waals surface area (Å²) in [4.78, 5) is 23.0. The maximum Gasteiger partial charge on any atom is 0.335 e. The third-order valence-electron chi connectivity index (χ3n) is 4.02. The summed E-state index contributed by atoms with van der Waals surface area (Å²) in [6.45, 7) is 4.50. The Morgan fingerprint density at radius 3 is 2.50 bits per heavy atom. The van der Waals surface area contributed by atoms with Crippen molar-refractivity contribution in [3.05, 3.63) is 53.1 Å². The summed E-state index contributed by atoms with van der Waals surface area (Å²) >= 11 is 0. The van der Waals surface area contributed by atoms with Gasteiger partial charge in [0.2, 0.25) is 5.91 Å². The number of ether oxygens (including phenoxy) is 2. The maximum atomic E-state index is 12.1. The summed E-state index contributed by atoms with van der Waals surface area (Å²) in [7, 11) is 1.42. The van der Waals surface area contributed by atoms with E-state index in [1.165, 1.54) is 30.9 Å². The lowest BCUT2D eigenvalue weighted by atomic mass is 10.1. The molecule has 6 nitrogen and oxygen atoms in total. The standard InChI is InChI=1S/C20H23NO5/c1-13-6-8-16(11-14(13)2)26-10-4-5-19(22)21-17-9-7-15(20(23)24)12-18(17)25-3/h6-9,11-12H,4-5,10H2,1-3H3,(H,21,22)(H,23,24). The number of aryl methyl sites for hydroxylation is 2. The molecule has 2 aromatic carbocycles. The number of methoxy groups -OCH3 is 1. The van der Waals surface area contributed by atoms with Crippen LogP contribution in [0.2, 0.25) is 0 Å². The van der Waals surface area contributed by atoms with Crippen molar-refractivity contribution < 1.29 is 24.2 Å². The second-order valence-electron chi connectivity index (χ2n) is 5.97. The van der Waals surface area contributed by atoms with Gasteiger partial charge in [-0.1, -0.05) is 6.07 Å². The van der Waals surface area contributed by atoms with Crippen LogP contribution in [-0.4, -0.2) is 30.7 Å². The lowest BCUT2D eigenvalue weighted by Gasteiger charge is -2.11. The quantitative estimate of drug-likeness (QED) is 0.702. The number of benzene rings is 2. The van der Waals surface area contributed by atoms with Crippen LogP contribution in [-0.2, 0) is 4.79 Å². The van der Waals surface area contributed by atoms with E-state index in [9.17, 15) is 9.59 Å². The average molecular weight is 357 g/mol. The van der Waals surface area contributed by atoms with Crippen LogP contribution in [0.1, 0.15) is 34.3 Å². The molecule has 2 rings (SSSR count). The van der Waals surface area contributed by atoms with Gasteiger partial charge < -0.3 is 19.9 Å². The second kappa shape index (κ2) is 8.89. The Hall–Kier alpha value is -3.02. The number of rotatable bonds is 8. The zero-order valence-corrected chi connectivity index (χ0v) is 15.2. The van der Waals surface area contributed by atoms with Gasteiger partial charge in [0.25, 0.3) is 0 Å². The van der Waals surface area contributed by atoms with Crippen molar-refractivity contribution in [3.63, 3.8) is 0 Å². The molecule has 0 aliphatic carbocycles.